The lowest BCUT2D eigenvalue weighted by Crippen LogP contribution is -2.40. The number of amides is 1. The van der Waals surface area contributed by atoms with Crippen molar-refractivity contribution in [2.45, 2.75) is 35.6 Å². The van der Waals surface area contributed by atoms with Gasteiger partial charge in [-0.05, 0) is 25.7 Å². The van der Waals surface area contributed by atoms with Crippen LogP contribution in [-0.2, 0) is 0 Å². The van der Waals surface area contributed by atoms with Crippen LogP contribution in [-0.4, -0.2) is 21.2 Å². The molecule has 0 fully saturated rings. The fourth-order valence-corrected chi connectivity index (χ4v) is 2.30. The lowest BCUT2D eigenvalue weighted by Gasteiger charge is -2.22. The quantitative estimate of drug-likeness (QED) is 0.444. The molecule has 0 aliphatic heterocycles. The third-order valence-electron chi connectivity index (χ3n) is 2.16. The smallest absolute Gasteiger partial charge is 0.404 e. The lowest BCUT2D eigenvalue weighted by atomic mass is 10.0. The summed E-state index contributed by atoms with van der Waals surface area (Å²) in [5.41, 5.74) is 0. The summed E-state index contributed by atoms with van der Waals surface area (Å²) in [5.74, 6) is 0. The Kier molecular flexibility index (Phi) is 4.55. The summed E-state index contributed by atoms with van der Waals surface area (Å²) in [6.07, 6.45) is 7.48. The highest BCUT2D eigenvalue weighted by molar-refractivity contribution is 14.1. The van der Waals surface area contributed by atoms with Crippen molar-refractivity contribution in [3.8, 4) is 0 Å². The van der Waals surface area contributed by atoms with Crippen LogP contribution in [0.3, 0.4) is 0 Å². The maximum atomic E-state index is 10.5. The van der Waals surface area contributed by atoms with Crippen molar-refractivity contribution in [2.24, 2.45) is 0 Å². The first-order chi connectivity index (χ1) is 6.20. The van der Waals surface area contributed by atoms with E-state index < -0.39 is 6.09 Å². The monoisotopic (exact) mass is 295 g/mol. The summed E-state index contributed by atoms with van der Waals surface area (Å²) >= 11 is 2.32. The molecule has 1 amide bonds. The van der Waals surface area contributed by atoms with Crippen molar-refractivity contribution in [1.29, 1.82) is 0 Å². The second kappa shape index (κ2) is 5.47. The molecule has 0 aromatic carbocycles. The zero-order valence-electron chi connectivity index (χ0n) is 7.37. The summed E-state index contributed by atoms with van der Waals surface area (Å²) < 4.78 is 0.380. The van der Waals surface area contributed by atoms with E-state index in [1.807, 2.05) is 0 Å². The van der Waals surface area contributed by atoms with Gasteiger partial charge in [-0.3, -0.25) is 0 Å². The number of alkyl halides is 1. The molecule has 1 rings (SSSR count). The van der Waals surface area contributed by atoms with Gasteiger partial charge in [0.05, 0.1) is 0 Å². The average Bonchev–Trinajstić information content (AvgIpc) is 2.04. The van der Waals surface area contributed by atoms with E-state index in [0.29, 0.717) is 3.92 Å². The molecule has 2 N–H and O–H groups in total. The van der Waals surface area contributed by atoms with E-state index in [-0.39, 0.29) is 6.04 Å². The van der Waals surface area contributed by atoms with Crippen LogP contribution < -0.4 is 5.32 Å². The molecule has 2 atom stereocenters. The maximum absolute atomic E-state index is 10.5. The maximum Gasteiger partial charge on any atom is 0.404 e. The lowest BCUT2D eigenvalue weighted by molar-refractivity contribution is 0.189. The highest BCUT2D eigenvalue weighted by Gasteiger charge is 2.19. The number of nitrogens with one attached hydrogen (secondary N) is 1. The first-order valence-electron chi connectivity index (χ1n) is 4.48. The molecule has 4 heteroatoms. The van der Waals surface area contributed by atoms with Gasteiger partial charge in [0.15, 0.2) is 0 Å². The van der Waals surface area contributed by atoms with Gasteiger partial charge in [0, 0.05) is 9.97 Å². The minimum atomic E-state index is -0.906. The molecular weight excluding hydrogens is 281 g/mol. The molecule has 74 valence electrons. The first-order valence-corrected chi connectivity index (χ1v) is 5.73. The Hall–Kier alpha value is -0.260. The van der Waals surface area contributed by atoms with Crippen molar-refractivity contribution >= 4 is 28.7 Å². The first kappa shape index (κ1) is 10.8. The summed E-state index contributed by atoms with van der Waals surface area (Å²) in [6, 6.07) is 0.114. The van der Waals surface area contributed by atoms with Crippen LogP contribution in [0.5, 0.6) is 0 Å². The van der Waals surface area contributed by atoms with Crippen LogP contribution in [0.2, 0.25) is 0 Å². The molecule has 3 nitrogen and oxygen atoms in total. The normalized spacial score (nSPS) is 31.5. The molecule has 1 aliphatic rings. The molecule has 13 heavy (non-hydrogen) atoms. The highest BCUT2D eigenvalue weighted by Crippen LogP contribution is 2.19. The fraction of sp³-hybridized carbons (Fsp3) is 0.667. The number of allylic oxidation sites excluding steroid dienone is 2. The summed E-state index contributed by atoms with van der Waals surface area (Å²) in [7, 11) is 0. The highest BCUT2D eigenvalue weighted by atomic mass is 127. The summed E-state index contributed by atoms with van der Waals surface area (Å²) in [5, 5.41) is 11.2. The van der Waals surface area contributed by atoms with Gasteiger partial charge in [0.25, 0.3) is 0 Å². The topological polar surface area (TPSA) is 49.3 Å². The van der Waals surface area contributed by atoms with Gasteiger partial charge < -0.3 is 10.4 Å². The third kappa shape index (κ3) is 3.97. The van der Waals surface area contributed by atoms with Gasteiger partial charge in [0.2, 0.25) is 0 Å². The molecule has 0 bridgehead atoms. The standard InChI is InChI=1S/C9H14INO2/c10-7-5-3-1-2-4-6-8(7)11-9(12)13/h1,3,7-8,11H,2,4-6H2,(H,12,13)/b3-1+/t7?,8-/m1/s1. The Morgan fingerprint density at radius 1 is 1.54 bits per heavy atom. The summed E-state index contributed by atoms with van der Waals surface area (Å²) in [4.78, 5) is 10.5. The number of hydrogen-bond acceptors (Lipinski definition) is 1. The van der Waals surface area contributed by atoms with Crippen LogP contribution in [0.15, 0.2) is 12.2 Å². The van der Waals surface area contributed by atoms with Crippen molar-refractivity contribution in [3.63, 3.8) is 0 Å². The van der Waals surface area contributed by atoms with Crippen LogP contribution in [0.25, 0.3) is 0 Å². The van der Waals surface area contributed by atoms with Crippen LogP contribution >= 0.6 is 22.6 Å². The SMILES string of the molecule is O=C(O)N[C@@H]1CCC/C=C/CC1I. The predicted molar refractivity (Wildman–Crippen MR) is 60.4 cm³/mol. The number of carboxylic acid groups (broad SMARTS) is 1. The fourth-order valence-electron chi connectivity index (χ4n) is 1.47. The molecular formula is C9H14INO2. The van der Waals surface area contributed by atoms with Gasteiger partial charge in [-0.2, -0.15) is 0 Å². The van der Waals surface area contributed by atoms with E-state index in [0.717, 1.165) is 25.7 Å². The van der Waals surface area contributed by atoms with E-state index in [1.54, 1.807) is 0 Å². The van der Waals surface area contributed by atoms with Gasteiger partial charge in [-0.25, -0.2) is 4.79 Å². The van der Waals surface area contributed by atoms with E-state index in [9.17, 15) is 4.79 Å². The molecule has 0 saturated heterocycles. The van der Waals surface area contributed by atoms with Crippen molar-refractivity contribution in [1.82, 2.24) is 5.32 Å². The van der Waals surface area contributed by atoms with Gasteiger partial charge >= 0.3 is 6.09 Å². The van der Waals surface area contributed by atoms with Gasteiger partial charge in [0.1, 0.15) is 0 Å². The van der Waals surface area contributed by atoms with Crippen molar-refractivity contribution in [2.75, 3.05) is 0 Å². The molecule has 0 saturated carbocycles. The Labute approximate surface area is 91.7 Å². The van der Waals surface area contributed by atoms with Crippen LogP contribution in [0.1, 0.15) is 25.7 Å². The number of halogens is 1. The zero-order valence-corrected chi connectivity index (χ0v) is 9.53. The Balaban J connectivity index is 2.49. The summed E-state index contributed by atoms with van der Waals surface area (Å²) in [6.45, 7) is 0. The molecule has 1 unspecified atom stereocenters. The Morgan fingerprint density at radius 3 is 3.00 bits per heavy atom. The zero-order chi connectivity index (χ0) is 9.68. The van der Waals surface area contributed by atoms with Crippen molar-refractivity contribution in [3.05, 3.63) is 12.2 Å². The van der Waals surface area contributed by atoms with Crippen LogP contribution in [0, 0.1) is 0 Å². The van der Waals surface area contributed by atoms with E-state index in [2.05, 4.69) is 40.1 Å². The molecule has 1 aliphatic carbocycles. The molecule has 0 radical (unpaired) electrons. The van der Waals surface area contributed by atoms with Crippen molar-refractivity contribution < 1.29 is 9.90 Å². The number of hydrogen-bond donors (Lipinski definition) is 2. The third-order valence-corrected chi connectivity index (χ3v) is 3.54. The average molecular weight is 295 g/mol. The molecule has 0 aromatic heterocycles. The van der Waals surface area contributed by atoms with Gasteiger partial charge in [-0.15, -0.1) is 0 Å². The number of carbonyl (C=O) groups is 1. The van der Waals surface area contributed by atoms with Gasteiger partial charge in [-0.1, -0.05) is 34.7 Å². The van der Waals surface area contributed by atoms with E-state index >= 15 is 0 Å². The molecule has 0 heterocycles. The minimum Gasteiger partial charge on any atom is -0.465 e. The van der Waals surface area contributed by atoms with E-state index in [4.69, 9.17) is 5.11 Å². The minimum absolute atomic E-state index is 0.114. The molecule has 0 spiro atoms. The second-order valence-electron chi connectivity index (χ2n) is 3.21. The Morgan fingerprint density at radius 2 is 2.31 bits per heavy atom. The molecule has 0 aromatic rings. The Bertz CT molecular complexity index is 206. The predicted octanol–water partition coefficient (Wildman–Crippen LogP) is 2.56. The number of rotatable bonds is 1. The second-order valence-corrected chi connectivity index (χ2v) is 4.81. The van der Waals surface area contributed by atoms with Crippen LogP contribution in [0.4, 0.5) is 4.79 Å². The largest absolute Gasteiger partial charge is 0.465 e. The van der Waals surface area contributed by atoms with E-state index in [1.165, 1.54) is 0 Å².